The summed E-state index contributed by atoms with van der Waals surface area (Å²) in [6.45, 7) is 17.0. The van der Waals surface area contributed by atoms with Gasteiger partial charge in [-0.1, -0.05) is 45.0 Å². The van der Waals surface area contributed by atoms with Gasteiger partial charge in [0.05, 0.1) is 0 Å². The maximum Gasteiger partial charge on any atom is 0.0282 e. The number of nitrogens with one attached hydrogen (secondary N) is 1. The third-order valence-electron chi connectivity index (χ3n) is 5.14. The highest BCUT2D eigenvalue weighted by Gasteiger charge is 2.38. The zero-order valence-corrected chi connectivity index (χ0v) is 14.7. The first kappa shape index (κ1) is 16.5. The molecule has 1 saturated heterocycles. The minimum atomic E-state index is 0.214. The van der Waals surface area contributed by atoms with Crippen LogP contribution in [0, 0.1) is 0 Å². The normalized spacial score (nSPS) is 26.2. The van der Waals surface area contributed by atoms with Crippen molar-refractivity contribution in [1.82, 2.24) is 10.2 Å². The Kier molecular flexibility index (Phi) is 4.79. The third kappa shape index (κ3) is 3.87. The quantitative estimate of drug-likeness (QED) is 0.895. The van der Waals surface area contributed by atoms with Crippen molar-refractivity contribution in [3.8, 4) is 0 Å². The summed E-state index contributed by atoms with van der Waals surface area (Å²) >= 11 is 0. The number of nitrogens with zero attached hydrogens (tertiary/aromatic N) is 1. The van der Waals surface area contributed by atoms with E-state index in [1.807, 2.05) is 0 Å². The van der Waals surface area contributed by atoms with Gasteiger partial charge in [-0.25, -0.2) is 0 Å². The van der Waals surface area contributed by atoms with Crippen molar-refractivity contribution in [3.63, 3.8) is 0 Å². The summed E-state index contributed by atoms with van der Waals surface area (Å²) in [4.78, 5) is 2.64. The monoisotopic (exact) mass is 288 g/mol. The minimum Gasteiger partial charge on any atom is -0.308 e. The summed E-state index contributed by atoms with van der Waals surface area (Å²) in [7, 11) is 0. The molecule has 2 heteroatoms. The van der Waals surface area contributed by atoms with E-state index in [2.05, 4.69) is 76.0 Å². The number of piperazine rings is 1. The Hall–Kier alpha value is -0.860. The molecule has 0 spiro atoms. The summed E-state index contributed by atoms with van der Waals surface area (Å²) in [5.74, 6) is 0.609. The van der Waals surface area contributed by atoms with Gasteiger partial charge in [-0.15, -0.1) is 0 Å². The van der Waals surface area contributed by atoms with Crippen LogP contribution in [-0.4, -0.2) is 29.1 Å². The van der Waals surface area contributed by atoms with Gasteiger partial charge in [0, 0.05) is 30.7 Å². The molecule has 1 atom stereocenters. The van der Waals surface area contributed by atoms with E-state index < -0.39 is 0 Å². The molecule has 1 fully saturated rings. The first-order valence-corrected chi connectivity index (χ1v) is 8.35. The Morgan fingerprint density at radius 3 is 2.29 bits per heavy atom. The van der Waals surface area contributed by atoms with E-state index >= 15 is 0 Å². The van der Waals surface area contributed by atoms with Crippen molar-refractivity contribution in [2.75, 3.05) is 13.1 Å². The fourth-order valence-corrected chi connectivity index (χ4v) is 2.97. The van der Waals surface area contributed by atoms with Crippen molar-refractivity contribution in [2.24, 2.45) is 0 Å². The van der Waals surface area contributed by atoms with Crippen molar-refractivity contribution in [1.29, 1.82) is 0 Å². The summed E-state index contributed by atoms with van der Waals surface area (Å²) < 4.78 is 0. The van der Waals surface area contributed by atoms with Gasteiger partial charge in [0.2, 0.25) is 0 Å². The van der Waals surface area contributed by atoms with Crippen molar-refractivity contribution >= 4 is 0 Å². The number of hydrogen-bond acceptors (Lipinski definition) is 2. The standard InChI is InChI=1S/C19H32N2/c1-7-19(6)14-21(18(4,5)13-20-19)12-16-8-10-17(11-9-16)15(2)3/h8-11,15,20H,7,12-14H2,1-6H3. The Morgan fingerprint density at radius 2 is 1.76 bits per heavy atom. The van der Waals surface area contributed by atoms with E-state index in [4.69, 9.17) is 0 Å². The first-order valence-electron chi connectivity index (χ1n) is 8.35. The van der Waals surface area contributed by atoms with E-state index in [0.717, 1.165) is 19.6 Å². The van der Waals surface area contributed by atoms with Crippen LogP contribution in [0.4, 0.5) is 0 Å². The van der Waals surface area contributed by atoms with Gasteiger partial charge in [-0.2, -0.15) is 0 Å². The predicted octanol–water partition coefficient (Wildman–Crippen LogP) is 4.16. The lowest BCUT2D eigenvalue weighted by Crippen LogP contribution is -2.66. The third-order valence-corrected chi connectivity index (χ3v) is 5.14. The Morgan fingerprint density at radius 1 is 1.14 bits per heavy atom. The molecule has 118 valence electrons. The van der Waals surface area contributed by atoms with Gasteiger partial charge in [-0.05, 0) is 44.2 Å². The highest BCUT2D eigenvalue weighted by molar-refractivity contribution is 5.25. The van der Waals surface area contributed by atoms with Gasteiger partial charge < -0.3 is 5.32 Å². The van der Waals surface area contributed by atoms with Crippen LogP contribution in [0.15, 0.2) is 24.3 Å². The smallest absolute Gasteiger partial charge is 0.0282 e. The molecule has 0 radical (unpaired) electrons. The van der Waals surface area contributed by atoms with Crippen molar-refractivity contribution in [3.05, 3.63) is 35.4 Å². The molecule has 2 rings (SSSR count). The van der Waals surface area contributed by atoms with Gasteiger partial charge in [-0.3, -0.25) is 4.90 Å². The molecule has 0 saturated carbocycles. The average molecular weight is 288 g/mol. The first-order chi connectivity index (χ1) is 9.76. The SMILES string of the molecule is CCC1(C)CN(Cc2ccc(C(C)C)cc2)C(C)(C)CN1. The molecule has 1 aromatic carbocycles. The Labute approximate surface area is 130 Å². The van der Waals surface area contributed by atoms with Crippen molar-refractivity contribution in [2.45, 2.75) is 71.5 Å². The maximum absolute atomic E-state index is 3.73. The van der Waals surface area contributed by atoms with Gasteiger partial charge in [0.1, 0.15) is 0 Å². The van der Waals surface area contributed by atoms with E-state index in [1.165, 1.54) is 17.5 Å². The zero-order chi connectivity index (χ0) is 15.7. The summed E-state index contributed by atoms with van der Waals surface area (Å²) in [5.41, 5.74) is 3.31. The Bertz CT molecular complexity index is 461. The van der Waals surface area contributed by atoms with Crippen molar-refractivity contribution < 1.29 is 0 Å². The molecule has 1 unspecified atom stereocenters. The predicted molar refractivity (Wildman–Crippen MR) is 91.7 cm³/mol. The minimum absolute atomic E-state index is 0.214. The van der Waals surface area contributed by atoms with E-state index in [9.17, 15) is 0 Å². The second-order valence-electron chi connectivity index (χ2n) is 7.83. The van der Waals surface area contributed by atoms with Gasteiger partial charge >= 0.3 is 0 Å². The van der Waals surface area contributed by atoms with E-state index in [-0.39, 0.29) is 11.1 Å². The molecule has 0 amide bonds. The lowest BCUT2D eigenvalue weighted by molar-refractivity contribution is 0.0246. The number of rotatable bonds is 4. The van der Waals surface area contributed by atoms with Crippen LogP contribution < -0.4 is 5.32 Å². The van der Waals surface area contributed by atoms with Crippen LogP contribution >= 0.6 is 0 Å². The van der Waals surface area contributed by atoms with Crippen LogP contribution in [0.25, 0.3) is 0 Å². The molecule has 0 bridgehead atoms. The number of hydrogen-bond donors (Lipinski definition) is 1. The van der Waals surface area contributed by atoms with Crippen LogP contribution in [-0.2, 0) is 6.54 Å². The highest BCUT2D eigenvalue weighted by Crippen LogP contribution is 2.27. The van der Waals surface area contributed by atoms with E-state index in [0.29, 0.717) is 5.92 Å². The molecule has 0 aliphatic carbocycles. The maximum atomic E-state index is 3.73. The van der Waals surface area contributed by atoms with Crippen LogP contribution in [0.3, 0.4) is 0 Å². The molecular weight excluding hydrogens is 256 g/mol. The van der Waals surface area contributed by atoms with Crippen LogP contribution in [0.1, 0.15) is 65.0 Å². The molecule has 2 nitrogen and oxygen atoms in total. The second kappa shape index (κ2) is 6.10. The molecule has 21 heavy (non-hydrogen) atoms. The van der Waals surface area contributed by atoms with Crippen LogP contribution in [0.5, 0.6) is 0 Å². The largest absolute Gasteiger partial charge is 0.308 e. The molecule has 1 aliphatic heterocycles. The molecule has 1 N–H and O–H groups in total. The van der Waals surface area contributed by atoms with Gasteiger partial charge in [0.25, 0.3) is 0 Å². The molecule has 0 aromatic heterocycles. The molecule has 1 heterocycles. The topological polar surface area (TPSA) is 15.3 Å². The fourth-order valence-electron chi connectivity index (χ4n) is 2.97. The second-order valence-corrected chi connectivity index (χ2v) is 7.83. The average Bonchev–Trinajstić information content (AvgIpc) is 2.44. The molecular formula is C19H32N2. The zero-order valence-electron chi connectivity index (χ0n) is 14.7. The molecule has 1 aliphatic rings. The summed E-state index contributed by atoms with van der Waals surface area (Å²) in [6, 6.07) is 9.18. The molecule has 1 aromatic rings. The van der Waals surface area contributed by atoms with Crippen LogP contribution in [0.2, 0.25) is 0 Å². The lowest BCUT2D eigenvalue weighted by Gasteiger charge is -2.50. The van der Waals surface area contributed by atoms with Gasteiger partial charge in [0.15, 0.2) is 0 Å². The fraction of sp³-hybridized carbons (Fsp3) is 0.684. The highest BCUT2D eigenvalue weighted by atomic mass is 15.3. The Balaban J connectivity index is 2.12. The lowest BCUT2D eigenvalue weighted by atomic mass is 9.88. The summed E-state index contributed by atoms with van der Waals surface area (Å²) in [6.07, 6.45) is 1.17. The number of benzene rings is 1. The van der Waals surface area contributed by atoms with E-state index in [1.54, 1.807) is 0 Å². The summed E-state index contributed by atoms with van der Waals surface area (Å²) in [5, 5.41) is 3.73.